The third kappa shape index (κ3) is 5.11. The Balaban J connectivity index is 1.73. The highest BCUT2D eigenvalue weighted by Crippen LogP contribution is 2.28. The Bertz CT molecular complexity index is 1360. The van der Waals surface area contributed by atoms with Crippen LogP contribution in [0.15, 0.2) is 66.7 Å². The summed E-state index contributed by atoms with van der Waals surface area (Å²) in [5, 5.41) is 7.60. The number of amides is 1. The van der Waals surface area contributed by atoms with E-state index in [2.05, 4.69) is 15.4 Å². The molecule has 0 bridgehead atoms. The van der Waals surface area contributed by atoms with Gasteiger partial charge in [0.25, 0.3) is 5.91 Å². The minimum Gasteiger partial charge on any atom is -0.461 e. The van der Waals surface area contributed by atoms with Crippen molar-refractivity contribution >= 4 is 40.8 Å². The number of carbonyl (C=O) groups excluding carboxylic acids is 2. The summed E-state index contributed by atoms with van der Waals surface area (Å²) in [5.41, 5.74) is 4.24. The second-order valence-electron chi connectivity index (χ2n) is 7.37. The molecule has 0 saturated carbocycles. The van der Waals surface area contributed by atoms with Crippen molar-refractivity contribution in [3.05, 3.63) is 93.9 Å². The van der Waals surface area contributed by atoms with Crippen LogP contribution in [0.3, 0.4) is 0 Å². The van der Waals surface area contributed by atoms with E-state index in [-0.39, 0.29) is 34.1 Å². The van der Waals surface area contributed by atoms with Crippen molar-refractivity contribution in [3.8, 4) is 16.9 Å². The quantitative estimate of drug-likeness (QED) is 0.263. The van der Waals surface area contributed by atoms with Gasteiger partial charge < -0.3 is 10.1 Å². The lowest BCUT2D eigenvalue weighted by Gasteiger charge is -2.12. The van der Waals surface area contributed by atoms with Crippen LogP contribution in [-0.2, 0) is 4.74 Å². The van der Waals surface area contributed by atoms with Crippen LogP contribution in [0.25, 0.3) is 16.9 Å². The number of rotatable bonds is 6. The zero-order valence-electron chi connectivity index (χ0n) is 18.4. The van der Waals surface area contributed by atoms with Crippen molar-refractivity contribution in [2.24, 2.45) is 0 Å². The summed E-state index contributed by atoms with van der Waals surface area (Å²) in [7, 11) is 0. The largest absolute Gasteiger partial charge is 0.461 e. The smallest absolute Gasteiger partial charge is 0.358 e. The summed E-state index contributed by atoms with van der Waals surface area (Å²) in [6.07, 6.45) is 0. The Hall–Kier alpha value is -3.68. The monoisotopic (exact) mass is 494 g/mol. The minimum absolute atomic E-state index is 0.125. The molecule has 2 heterocycles. The lowest BCUT2D eigenvalue weighted by atomic mass is 10.1. The van der Waals surface area contributed by atoms with Gasteiger partial charge in [-0.3, -0.25) is 4.79 Å². The second kappa shape index (κ2) is 10.1. The van der Waals surface area contributed by atoms with E-state index in [1.807, 2.05) is 37.3 Å². The van der Waals surface area contributed by atoms with Crippen molar-refractivity contribution in [3.63, 3.8) is 0 Å². The number of carbonyl (C=O) groups is 2. The van der Waals surface area contributed by atoms with E-state index in [0.717, 1.165) is 16.8 Å². The Morgan fingerprint density at radius 2 is 1.74 bits per heavy atom. The number of pyridine rings is 1. The number of esters is 1. The minimum atomic E-state index is -0.507. The number of hydrogen-bond acceptors (Lipinski definition) is 5. The summed E-state index contributed by atoms with van der Waals surface area (Å²) in [6.45, 7) is 3.95. The number of para-hydroxylation sites is 1. The maximum absolute atomic E-state index is 12.7. The van der Waals surface area contributed by atoms with Crippen LogP contribution >= 0.6 is 23.2 Å². The Morgan fingerprint density at radius 1 is 1.00 bits per heavy atom. The predicted octanol–water partition coefficient (Wildman–Crippen LogP) is 5.98. The molecule has 1 amide bonds. The van der Waals surface area contributed by atoms with Gasteiger partial charge in [-0.25, -0.2) is 14.5 Å². The number of hydrogen-bond donors (Lipinski definition) is 1. The zero-order valence-corrected chi connectivity index (χ0v) is 19.9. The van der Waals surface area contributed by atoms with Crippen LogP contribution in [-0.4, -0.2) is 33.2 Å². The molecule has 0 saturated heterocycles. The zero-order chi connectivity index (χ0) is 24.2. The van der Waals surface area contributed by atoms with E-state index in [9.17, 15) is 9.59 Å². The summed E-state index contributed by atoms with van der Waals surface area (Å²) < 4.78 is 6.84. The Labute approximate surface area is 206 Å². The van der Waals surface area contributed by atoms with Crippen molar-refractivity contribution < 1.29 is 14.3 Å². The first-order chi connectivity index (χ1) is 16.4. The van der Waals surface area contributed by atoms with E-state index in [1.54, 1.807) is 35.9 Å². The fourth-order valence-corrected chi connectivity index (χ4v) is 3.89. The normalized spacial score (nSPS) is 10.7. The summed E-state index contributed by atoms with van der Waals surface area (Å²) in [5.74, 6) is -0.894. The predicted molar refractivity (Wildman–Crippen MR) is 132 cm³/mol. The molecular weight excluding hydrogens is 475 g/mol. The van der Waals surface area contributed by atoms with Crippen molar-refractivity contribution in [2.75, 3.05) is 11.9 Å². The van der Waals surface area contributed by atoms with Crippen molar-refractivity contribution in [1.29, 1.82) is 0 Å². The maximum atomic E-state index is 12.7. The van der Waals surface area contributed by atoms with Gasteiger partial charge in [-0.05, 0) is 55.8 Å². The summed E-state index contributed by atoms with van der Waals surface area (Å²) in [4.78, 5) is 29.0. The van der Waals surface area contributed by atoms with Gasteiger partial charge in [0, 0.05) is 16.8 Å². The first kappa shape index (κ1) is 23.5. The van der Waals surface area contributed by atoms with Crippen LogP contribution < -0.4 is 5.32 Å². The molecule has 9 heteroatoms. The molecule has 0 atom stereocenters. The number of ether oxygens (including phenoxy) is 1. The van der Waals surface area contributed by atoms with E-state index < -0.39 is 5.97 Å². The molecule has 0 aliphatic rings. The number of nitrogens with one attached hydrogen (secondary N) is 1. The lowest BCUT2D eigenvalue weighted by molar-refractivity contribution is 0.0519. The van der Waals surface area contributed by atoms with E-state index in [1.165, 1.54) is 12.1 Å². The van der Waals surface area contributed by atoms with Gasteiger partial charge in [0.2, 0.25) is 0 Å². The molecule has 0 radical (unpaired) electrons. The number of halogens is 2. The van der Waals surface area contributed by atoms with Crippen LogP contribution in [0.4, 0.5) is 5.69 Å². The number of nitrogens with zero attached hydrogens (tertiary/aromatic N) is 3. The Morgan fingerprint density at radius 3 is 2.44 bits per heavy atom. The van der Waals surface area contributed by atoms with Gasteiger partial charge in [0.15, 0.2) is 5.69 Å². The average Bonchev–Trinajstić information content (AvgIpc) is 3.24. The first-order valence-electron chi connectivity index (χ1n) is 10.4. The molecule has 1 N–H and O–H groups in total. The molecule has 0 fully saturated rings. The summed E-state index contributed by atoms with van der Waals surface area (Å²) in [6, 6.07) is 19.5. The molecule has 2 aromatic heterocycles. The molecule has 0 unspecified atom stereocenters. The Kier molecular flexibility index (Phi) is 6.95. The topological polar surface area (TPSA) is 86.1 Å². The van der Waals surface area contributed by atoms with Crippen LogP contribution in [0.2, 0.25) is 10.3 Å². The molecule has 0 spiro atoms. The number of anilines is 1. The molecule has 7 nitrogen and oxygen atoms in total. The molecular formula is C25H20Cl2N4O3. The average molecular weight is 495 g/mol. The third-order valence-corrected chi connectivity index (χ3v) is 5.37. The molecule has 4 aromatic rings. The van der Waals surface area contributed by atoms with E-state index in [0.29, 0.717) is 11.4 Å². The molecule has 0 aliphatic heterocycles. The maximum Gasteiger partial charge on any atom is 0.358 e. The van der Waals surface area contributed by atoms with Crippen LogP contribution in [0, 0.1) is 6.92 Å². The highest BCUT2D eigenvalue weighted by molar-refractivity contribution is 6.33. The highest BCUT2D eigenvalue weighted by Gasteiger charge is 2.19. The lowest BCUT2D eigenvalue weighted by Crippen LogP contribution is -2.12. The molecule has 2 aromatic carbocycles. The van der Waals surface area contributed by atoms with Crippen LogP contribution in [0.5, 0.6) is 0 Å². The standard InChI is InChI=1S/C25H20Cl2N4O3/c1-3-34-25(33)19-14-21(31(30-19)20-10-5-4-7-15(20)2)16-8-6-9-18(11-16)28-24(32)17-12-22(26)29-23(27)13-17/h4-14H,3H2,1-2H3,(H,28,32). The summed E-state index contributed by atoms with van der Waals surface area (Å²) >= 11 is 11.8. The van der Waals surface area contributed by atoms with Gasteiger partial charge in [0.05, 0.1) is 18.0 Å². The van der Waals surface area contributed by atoms with Gasteiger partial charge >= 0.3 is 5.97 Å². The molecule has 34 heavy (non-hydrogen) atoms. The van der Waals surface area contributed by atoms with Gasteiger partial charge in [-0.15, -0.1) is 0 Å². The number of aryl methyl sites for hydroxylation is 1. The molecule has 4 rings (SSSR count). The molecule has 172 valence electrons. The van der Waals surface area contributed by atoms with Gasteiger partial charge in [-0.2, -0.15) is 5.10 Å². The number of aromatic nitrogens is 3. The second-order valence-corrected chi connectivity index (χ2v) is 8.14. The van der Waals surface area contributed by atoms with Gasteiger partial charge in [-0.1, -0.05) is 53.5 Å². The van der Waals surface area contributed by atoms with Crippen LogP contribution in [0.1, 0.15) is 33.3 Å². The van der Waals surface area contributed by atoms with E-state index in [4.69, 9.17) is 27.9 Å². The fourth-order valence-electron chi connectivity index (χ4n) is 3.43. The van der Waals surface area contributed by atoms with Crippen molar-refractivity contribution in [1.82, 2.24) is 14.8 Å². The SMILES string of the molecule is CCOC(=O)c1cc(-c2cccc(NC(=O)c3cc(Cl)nc(Cl)c3)c2)n(-c2ccccc2C)n1. The van der Waals surface area contributed by atoms with Crippen molar-refractivity contribution in [2.45, 2.75) is 13.8 Å². The third-order valence-electron chi connectivity index (χ3n) is 4.98. The highest BCUT2D eigenvalue weighted by atomic mass is 35.5. The number of benzene rings is 2. The van der Waals surface area contributed by atoms with E-state index >= 15 is 0 Å². The molecule has 0 aliphatic carbocycles. The fraction of sp³-hybridized carbons (Fsp3) is 0.120. The van der Waals surface area contributed by atoms with Gasteiger partial charge in [0.1, 0.15) is 10.3 Å². The first-order valence-corrected chi connectivity index (χ1v) is 11.2.